The Morgan fingerprint density at radius 2 is 1.76 bits per heavy atom. The molecule has 1 atom stereocenters. The number of halogens is 1. The Balaban J connectivity index is 3.37. The molecule has 0 saturated heterocycles. The largest absolute Gasteiger partial charge is 0.496 e. The summed E-state index contributed by atoms with van der Waals surface area (Å²) in [7, 11) is 4.90. The molecule has 17 heavy (non-hydrogen) atoms. The van der Waals surface area contributed by atoms with Gasteiger partial charge < -0.3 is 19.9 Å². The van der Waals surface area contributed by atoms with Crippen molar-refractivity contribution >= 4 is 22.6 Å². The van der Waals surface area contributed by atoms with Gasteiger partial charge in [-0.2, -0.15) is 0 Å². The lowest BCUT2D eigenvalue weighted by Crippen LogP contribution is -2.19. The Bertz CT molecular complexity index is 394. The first-order valence-electron chi connectivity index (χ1n) is 5.28. The highest BCUT2D eigenvalue weighted by atomic mass is 127. The van der Waals surface area contributed by atoms with Crippen LogP contribution < -0.4 is 19.9 Å². The number of nitrogens with two attached hydrogens (primary N) is 1. The number of rotatable bonds is 5. The third-order valence-corrected chi connectivity index (χ3v) is 3.44. The smallest absolute Gasteiger partial charge is 0.142 e. The maximum absolute atomic E-state index is 5.85. The summed E-state index contributed by atoms with van der Waals surface area (Å²) in [5.41, 5.74) is 6.83. The molecule has 0 aliphatic heterocycles. The van der Waals surface area contributed by atoms with E-state index in [1.54, 1.807) is 21.3 Å². The number of hydrogen-bond donors (Lipinski definition) is 1. The Hall–Kier alpha value is -0.690. The number of ether oxygens (including phenoxy) is 3. The summed E-state index contributed by atoms with van der Waals surface area (Å²) in [6, 6.07) is 1.91. The standard InChI is InChI=1S/C12H18INO3/c1-7(14)5-8-9(15-2)6-10(16-3)11(13)12(8)17-4/h6-7H,5,14H2,1-4H3/t7-/m1/s1. The van der Waals surface area contributed by atoms with Gasteiger partial charge in [-0.1, -0.05) is 0 Å². The molecule has 0 spiro atoms. The molecule has 0 radical (unpaired) electrons. The third kappa shape index (κ3) is 3.16. The summed E-state index contributed by atoms with van der Waals surface area (Å²) in [6.45, 7) is 1.95. The molecule has 2 N–H and O–H groups in total. The van der Waals surface area contributed by atoms with Gasteiger partial charge in [0.1, 0.15) is 17.2 Å². The van der Waals surface area contributed by atoms with Crippen LogP contribution in [-0.4, -0.2) is 27.4 Å². The van der Waals surface area contributed by atoms with Crippen LogP contribution in [0.15, 0.2) is 6.07 Å². The number of benzene rings is 1. The van der Waals surface area contributed by atoms with E-state index < -0.39 is 0 Å². The van der Waals surface area contributed by atoms with E-state index in [9.17, 15) is 0 Å². The third-order valence-electron chi connectivity index (χ3n) is 2.42. The van der Waals surface area contributed by atoms with Gasteiger partial charge in [-0.05, 0) is 35.9 Å². The predicted octanol–water partition coefficient (Wildman–Crippen LogP) is 2.21. The molecule has 0 aromatic heterocycles. The van der Waals surface area contributed by atoms with Gasteiger partial charge in [0, 0.05) is 17.7 Å². The summed E-state index contributed by atoms with van der Waals surface area (Å²) in [5, 5.41) is 0. The van der Waals surface area contributed by atoms with Crippen molar-refractivity contribution in [2.24, 2.45) is 5.73 Å². The van der Waals surface area contributed by atoms with Crippen molar-refractivity contribution in [3.8, 4) is 17.2 Å². The molecule has 0 bridgehead atoms. The Labute approximate surface area is 116 Å². The monoisotopic (exact) mass is 351 g/mol. The summed E-state index contributed by atoms with van der Waals surface area (Å²) in [6.07, 6.45) is 0.701. The maximum Gasteiger partial charge on any atom is 0.142 e. The van der Waals surface area contributed by atoms with Gasteiger partial charge in [-0.25, -0.2) is 0 Å². The first kappa shape index (κ1) is 14.4. The predicted molar refractivity (Wildman–Crippen MR) is 76.2 cm³/mol. The lowest BCUT2D eigenvalue weighted by atomic mass is 10.0. The van der Waals surface area contributed by atoms with E-state index in [4.69, 9.17) is 19.9 Å². The van der Waals surface area contributed by atoms with Crippen LogP contribution in [0.3, 0.4) is 0 Å². The van der Waals surface area contributed by atoms with Crippen molar-refractivity contribution in [3.05, 3.63) is 15.2 Å². The molecule has 96 valence electrons. The van der Waals surface area contributed by atoms with E-state index in [0.717, 1.165) is 26.4 Å². The second kappa shape index (κ2) is 6.30. The van der Waals surface area contributed by atoms with Crippen molar-refractivity contribution in [1.82, 2.24) is 0 Å². The Kier molecular flexibility index (Phi) is 5.32. The minimum Gasteiger partial charge on any atom is -0.496 e. The van der Waals surface area contributed by atoms with E-state index in [1.807, 2.05) is 13.0 Å². The molecule has 0 heterocycles. The van der Waals surface area contributed by atoms with E-state index in [-0.39, 0.29) is 6.04 Å². The summed E-state index contributed by atoms with van der Waals surface area (Å²) < 4.78 is 17.0. The average Bonchev–Trinajstić information content (AvgIpc) is 2.29. The molecule has 5 heteroatoms. The fraction of sp³-hybridized carbons (Fsp3) is 0.500. The quantitative estimate of drug-likeness (QED) is 0.827. The van der Waals surface area contributed by atoms with E-state index in [1.165, 1.54) is 0 Å². The minimum atomic E-state index is 0.0435. The van der Waals surface area contributed by atoms with Crippen LogP contribution in [0.1, 0.15) is 12.5 Å². The molecule has 1 aromatic rings. The molecule has 0 saturated carbocycles. The van der Waals surface area contributed by atoms with E-state index in [2.05, 4.69) is 22.6 Å². The SMILES string of the molecule is COc1cc(OC)c(C[C@@H](C)N)c(OC)c1I. The summed E-state index contributed by atoms with van der Waals surface area (Å²) >= 11 is 2.20. The minimum absolute atomic E-state index is 0.0435. The van der Waals surface area contributed by atoms with Crippen LogP contribution in [0.2, 0.25) is 0 Å². The molecule has 1 rings (SSSR count). The lowest BCUT2D eigenvalue weighted by molar-refractivity contribution is 0.363. The number of hydrogen-bond acceptors (Lipinski definition) is 4. The Morgan fingerprint density at radius 1 is 1.18 bits per heavy atom. The van der Waals surface area contributed by atoms with Crippen molar-refractivity contribution in [2.75, 3.05) is 21.3 Å². The van der Waals surface area contributed by atoms with Crippen LogP contribution >= 0.6 is 22.6 Å². The van der Waals surface area contributed by atoms with Crippen molar-refractivity contribution < 1.29 is 14.2 Å². The van der Waals surface area contributed by atoms with Crippen molar-refractivity contribution in [3.63, 3.8) is 0 Å². The molecule has 0 amide bonds. The van der Waals surface area contributed by atoms with Crippen molar-refractivity contribution in [1.29, 1.82) is 0 Å². The highest BCUT2D eigenvalue weighted by Crippen LogP contribution is 2.40. The second-order valence-corrected chi connectivity index (χ2v) is 4.87. The first-order chi connectivity index (χ1) is 8.04. The molecule has 0 aliphatic carbocycles. The van der Waals surface area contributed by atoms with Crippen LogP contribution in [-0.2, 0) is 6.42 Å². The highest BCUT2D eigenvalue weighted by molar-refractivity contribution is 14.1. The maximum atomic E-state index is 5.85. The highest BCUT2D eigenvalue weighted by Gasteiger charge is 2.19. The molecule has 0 fully saturated rings. The van der Waals surface area contributed by atoms with Gasteiger partial charge in [-0.3, -0.25) is 0 Å². The molecule has 4 nitrogen and oxygen atoms in total. The Morgan fingerprint density at radius 3 is 2.18 bits per heavy atom. The lowest BCUT2D eigenvalue weighted by Gasteiger charge is -2.18. The molecule has 0 unspecified atom stereocenters. The topological polar surface area (TPSA) is 53.7 Å². The van der Waals surface area contributed by atoms with Gasteiger partial charge in [0.15, 0.2) is 0 Å². The van der Waals surface area contributed by atoms with Crippen molar-refractivity contribution in [2.45, 2.75) is 19.4 Å². The normalized spacial score (nSPS) is 12.1. The van der Waals surface area contributed by atoms with Gasteiger partial charge in [0.05, 0.1) is 24.9 Å². The zero-order valence-corrected chi connectivity index (χ0v) is 12.7. The molecule has 1 aromatic carbocycles. The fourth-order valence-corrected chi connectivity index (χ4v) is 2.61. The van der Waals surface area contributed by atoms with Crippen LogP contribution in [0.4, 0.5) is 0 Å². The molecular weight excluding hydrogens is 333 g/mol. The van der Waals surface area contributed by atoms with Gasteiger partial charge in [0.25, 0.3) is 0 Å². The van der Waals surface area contributed by atoms with Crippen LogP contribution in [0.5, 0.6) is 17.2 Å². The first-order valence-corrected chi connectivity index (χ1v) is 6.35. The summed E-state index contributed by atoms with van der Waals surface area (Å²) in [5.74, 6) is 2.27. The molecule has 0 aliphatic rings. The van der Waals surface area contributed by atoms with Crippen LogP contribution in [0, 0.1) is 3.57 Å². The van der Waals surface area contributed by atoms with Gasteiger partial charge in [-0.15, -0.1) is 0 Å². The van der Waals surface area contributed by atoms with E-state index in [0.29, 0.717) is 6.42 Å². The fourth-order valence-electron chi connectivity index (χ4n) is 1.68. The van der Waals surface area contributed by atoms with Crippen LogP contribution in [0.25, 0.3) is 0 Å². The number of methoxy groups -OCH3 is 3. The summed E-state index contributed by atoms with van der Waals surface area (Å²) in [4.78, 5) is 0. The van der Waals surface area contributed by atoms with Gasteiger partial charge in [0.2, 0.25) is 0 Å². The average molecular weight is 351 g/mol. The second-order valence-electron chi connectivity index (χ2n) is 3.79. The van der Waals surface area contributed by atoms with Gasteiger partial charge >= 0.3 is 0 Å². The zero-order valence-electron chi connectivity index (χ0n) is 10.5. The molecular formula is C12H18INO3. The van der Waals surface area contributed by atoms with E-state index >= 15 is 0 Å². The zero-order chi connectivity index (χ0) is 13.0.